The summed E-state index contributed by atoms with van der Waals surface area (Å²) in [6, 6.07) is 0. The molecule has 0 atom stereocenters. The summed E-state index contributed by atoms with van der Waals surface area (Å²) in [7, 11) is 2.99. The molecule has 0 amide bonds. The molecular formula is C42H36ClN11O6S6. The summed E-state index contributed by atoms with van der Waals surface area (Å²) < 4.78 is 19.1. The van der Waals surface area contributed by atoms with Gasteiger partial charge in [0.15, 0.2) is 11.5 Å². The van der Waals surface area contributed by atoms with Gasteiger partial charge in [-0.25, -0.2) is 49.7 Å². The minimum atomic E-state index is -0.361. The van der Waals surface area contributed by atoms with Crippen molar-refractivity contribution < 1.29 is 23.8 Å². The van der Waals surface area contributed by atoms with Gasteiger partial charge in [0.25, 0.3) is 12.0 Å². The van der Waals surface area contributed by atoms with Gasteiger partial charge >= 0.3 is 5.97 Å². The molecule has 11 aromatic rings. The summed E-state index contributed by atoms with van der Waals surface area (Å²) in [5, 5.41) is 12.1. The molecule has 0 bridgehead atoms. The van der Waals surface area contributed by atoms with Gasteiger partial charge in [0.1, 0.15) is 51.1 Å². The molecule has 0 radical (unpaired) electrons. The summed E-state index contributed by atoms with van der Waals surface area (Å²) in [4.78, 5) is 71.1. The highest BCUT2D eigenvalue weighted by molar-refractivity contribution is 7.18. The number of ether oxygens (including phenoxy) is 3. The first kappa shape index (κ1) is 49.0. The van der Waals surface area contributed by atoms with E-state index in [1.54, 1.807) is 65.2 Å². The summed E-state index contributed by atoms with van der Waals surface area (Å²) in [6.45, 7) is 8.28. The van der Waals surface area contributed by atoms with Crippen LogP contribution in [0.2, 0.25) is 5.15 Å². The number of nitrogens with two attached hydrogens (primary N) is 1. The monoisotopic (exact) mass is 1020 g/mol. The Morgan fingerprint density at radius 1 is 0.621 bits per heavy atom. The maximum absolute atomic E-state index is 11.1. The number of carbonyl (C=O) groups excluding carboxylic acids is 2. The fourth-order valence-electron chi connectivity index (χ4n) is 5.33. The fraction of sp³-hybridized carbons (Fsp3) is 0.143. The lowest BCUT2D eigenvalue weighted by molar-refractivity contribution is -0.120. The van der Waals surface area contributed by atoms with Gasteiger partial charge in [0.05, 0.1) is 61.6 Å². The maximum Gasteiger partial charge on any atom is 0.350 e. The summed E-state index contributed by atoms with van der Waals surface area (Å²) >= 11 is 14.9. The highest BCUT2D eigenvalue weighted by atomic mass is 35.5. The Hall–Kier alpha value is -6.47. The predicted molar refractivity (Wildman–Crippen MR) is 267 cm³/mol. The molecule has 11 heterocycles. The molecule has 0 spiro atoms. The van der Waals surface area contributed by atoms with Crippen molar-refractivity contribution in [2.45, 2.75) is 27.7 Å². The molecule has 0 aliphatic rings. The number of nitrogens with one attached hydrogen (secondary N) is 1. The molecule has 0 aromatic carbocycles. The third-order valence-corrected chi connectivity index (χ3v) is 15.1. The SMILES string of the molecule is COC(=O)c1scc(C)c1N.COc1csc2cncnc12.Cc1csc2c(=O)[nH]cnc12.Cc1csc2c(Cl)ncnc12.Cc1csc2cncnc12.O=COc1csc2cncnc12. The number of rotatable bonds is 4. The number of aromatic amines is 1. The van der Waals surface area contributed by atoms with E-state index in [2.05, 4.69) is 66.9 Å². The first-order chi connectivity index (χ1) is 31.9. The maximum atomic E-state index is 11.1. The summed E-state index contributed by atoms with van der Waals surface area (Å²) in [5.41, 5.74) is 14.9. The number of esters is 1. The Kier molecular flexibility index (Phi) is 17.5. The van der Waals surface area contributed by atoms with Crippen molar-refractivity contribution in [2.24, 2.45) is 0 Å². The second-order valence-corrected chi connectivity index (χ2v) is 18.7. The topological polar surface area (TPSA) is 237 Å². The van der Waals surface area contributed by atoms with E-state index in [0.717, 1.165) is 58.6 Å². The number of carbonyl (C=O) groups is 2. The number of nitrogens with zero attached hydrogens (tertiary/aromatic N) is 9. The average molecular weight is 1020 g/mol. The van der Waals surface area contributed by atoms with Crippen molar-refractivity contribution in [2.75, 3.05) is 20.0 Å². The highest BCUT2D eigenvalue weighted by Crippen LogP contribution is 2.31. The lowest BCUT2D eigenvalue weighted by Crippen LogP contribution is -2.03. The largest absolute Gasteiger partial charge is 0.494 e. The molecule has 0 aliphatic heterocycles. The molecule has 17 nitrogen and oxygen atoms in total. The Balaban J connectivity index is 0.000000131. The van der Waals surface area contributed by atoms with E-state index in [1.165, 1.54) is 76.7 Å². The van der Waals surface area contributed by atoms with E-state index in [9.17, 15) is 14.4 Å². The second kappa shape index (κ2) is 23.6. The molecule has 0 unspecified atom stereocenters. The number of hydrogen-bond donors (Lipinski definition) is 2. The van der Waals surface area contributed by atoms with E-state index >= 15 is 0 Å². The third kappa shape index (κ3) is 12.0. The summed E-state index contributed by atoms with van der Waals surface area (Å²) in [6.07, 6.45) is 12.8. The highest BCUT2D eigenvalue weighted by Gasteiger charge is 2.13. The predicted octanol–water partition coefficient (Wildman–Crippen LogP) is 10.3. The standard InChI is InChI=1S/C7H5ClN2S.C7H4N2O2S.2C7H6N2OS.C7H6N2S.C7H9NO2S/c1-4-2-11-6-5(4)9-3-10-7(6)8;10-4-11-5-2-12-6-1-8-3-9-7(5)6;1-10-5-3-11-6-2-8-4-9-7(5)6;1-4-2-11-6-5(4)8-3-9-7(6)10;1-5-3-10-6-2-8-4-9-7(5)6;1-4-3-11-6(5(4)8)7(9)10-2/h2-3H,1H3;1-4H;2-4H,1H3;2-3H,1H3,(H,8,9,10);2-4H,1H3;3H,8H2,1-2H3. The zero-order chi connectivity index (χ0) is 47.2. The van der Waals surface area contributed by atoms with Crippen LogP contribution in [0.25, 0.3) is 51.1 Å². The van der Waals surface area contributed by atoms with Crippen molar-refractivity contribution in [3.63, 3.8) is 0 Å². The van der Waals surface area contributed by atoms with Crippen LogP contribution < -0.4 is 20.8 Å². The number of thiophene rings is 6. The Morgan fingerprint density at radius 2 is 1.12 bits per heavy atom. The molecule has 0 saturated heterocycles. The number of fused-ring (bicyclic) bond motifs is 5. The fourth-order valence-corrected chi connectivity index (χ4v) is 10.7. The van der Waals surface area contributed by atoms with Gasteiger partial charge in [0.2, 0.25) is 0 Å². The van der Waals surface area contributed by atoms with Crippen LogP contribution in [0.4, 0.5) is 5.69 Å². The van der Waals surface area contributed by atoms with E-state index in [0.29, 0.717) is 38.2 Å². The van der Waals surface area contributed by atoms with Gasteiger partial charge in [-0.1, -0.05) is 11.6 Å². The molecule has 338 valence electrons. The number of H-pyrrole nitrogens is 1. The van der Waals surface area contributed by atoms with E-state index in [1.807, 2.05) is 48.5 Å². The molecule has 0 saturated carbocycles. The van der Waals surface area contributed by atoms with Crippen LogP contribution in [-0.2, 0) is 9.53 Å². The quantitative estimate of drug-likeness (QED) is 0.0947. The first-order valence-corrected chi connectivity index (χ1v) is 24.4. The molecule has 66 heavy (non-hydrogen) atoms. The van der Waals surface area contributed by atoms with E-state index in [4.69, 9.17) is 26.8 Å². The Labute approximate surface area is 404 Å². The summed E-state index contributed by atoms with van der Waals surface area (Å²) in [5.74, 6) is 0.959. The van der Waals surface area contributed by atoms with Crippen LogP contribution in [0.3, 0.4) is 0 Å². The van der Waals surface area contributed by atoms with Crippen molar-refractivity contribution in [3.8, 4) is 11.5 Å². The number of methoxy groups -OCH3 is 2. The minimum Gasteiger partial charge on any atom is -0.494 e. The van der Waals surface area contributed by atoms with Crippen LogP contribution in [0.1, 0.15) is 31.9 Å². The van der Waals surface area contributed by atoms with E-state index in [-0.39, 0.29) is 11.5 Å². The number of anilines is 1. The van der Waals surface area contributed by atoms with Crippen molar-refractivity contribution in [1.29, 1.82) is 0 Å². The van der Waals surface area contributed by atoms with Crippen LogP contribution in [0.5, 0.6) is 11.5 Å². The van der Waals surface area contributed by atoms with Crippen molar-refractivity contribution >= 4 is 149 Å². The number of nitrogen functional groups attached to an aromatic ring is 1. The lowest BCUT2D eigenvalue weighted by Gasteiger charge is -1.96. The zero-order valence-electron chi connectivity index (χ0n) is 35.5. The van der Waals surface area contributed by atoms with Crippen LogP contribution in [0.15, 0.2) is 87.3 Å². The normalized spacial score (nSPS) is 10.3. The zero-order valence-corrected chi connectivity index (χ0v) is 41.2. The van der Waals surface area contributed by atoms with Gasteiger partial charge in [-0.15, -0.1) is 68.0 Å². The molecular weight excluding hydrogens is 982 g/mol. The van der Waals surface area contributed by atoms with Gasteiger partial charge in [-0.2, -0.15) is 0 Å². The van der Waals surface area contributed by atoms with Gasteiger partial charge in [-0.05, 0) is 71.5 Å². The first-order valence-electron chi connectivity index (χ1n) is 18.8. The number of hydrogen-bond acceptors (Lipinski definition) is 22. The van der Waals surface area contributed by atoms with Crippen LogP contribution in [-0.4, -0.2) is 76.5 Å². The lowest BCUT2D eigenvalue weighted by atomic mass is 10.3. The Morgan fingerprint density at radius 3 is 1.67 bits per heavy atom. The molecule has 24 heteroatoms. The number of halogens is 1. The molecule has 3 N–H and O–H groups in total. The van der Waals surface area contributed by atoms with Gasteiger partial charge in [-0.3, -0.25) is 9.59 Å². The van der Waals surface area contributed by atoms with Crippen molar-refractivity contribution in [3.05, 3.63) is 125 Å². The molecule has 11 rings (SSSR count). The molecule has 0 aliphatic carbocycles. The smallest absolute Gasteiger partial charge is 0.350 e. The van der Waals surface area contributed by atoms with Crippen LogP contribution in [0, 0.1) is 27.7 Å². The molecule has 11 aromatic heterocycles. The average Bonchev–Trinajstić information content (AvgIpc) is 4.22. The Bertz CT molecular complexity index is 3420. The van der Waals surface area contributed by atoms with Gasteiger partial charge < -0.3 is 24.9 Å². The van der Waals surface area contributed by atoms with Crippen LogP contribution >= 0.6 is 79.6 Å². The third-order valence-electron chi connectivity index (χ3n) is 8.64. The van der Waals surface area contributed by atoms with E-state index < -0.39 is 0 Å². The molecule has 0 fully saturated rings. The number of aryl methyl sites for hydroxylation is 4. The van der Waals surface area contributed by atoms with Crippen molar-refractivity contribution in [1.82, 2.24) is 49.8 Å². The minimum absolute atomic E-state index is 0.0481. The van der Waals surface area contributed by atoms with Gasteiger partial charge in [0, 0.05) is 29.4 Å². The number of aromatic nitrogens is 10. The second-order valence-electron chi connectivity index (χ2n) is 13.0.